The number of urea groups is 1. The van der Waals surface area contributed by atoms with E-state index in [0.717, 1.165) is 24.9 Å². The second-order valence-corrected chi connectivity index (χ2v) is 9.37. The maximum atomic E-state index is 13.8. The number of halogens is 2. The minimum Gasteiger partial charge on any atom is -0.389 e. The van der Waals surface area contributed by atoms with E-state index in [1.165, 1.54) is 17.0 Å². The maximum absolute atomic E-state index is 13.8. The van der Waals surface area contributed by atoms with E-state index in [1.54, 1.807) is 23.0 Å². The van der Waals surface area contributed by atoms with E-state index in [0.29, 0.717) is 35.3 Å². The van der Waals surface area contributed by atoms with Gasteiger partial charge in [-0.15, -0.1) is 0 Å². The highest BCUT2D eigenvalue weighted by molar-refractivity contribution is 7.79. The number of amides is 2. The van der Waals surface area contributed by atoms with Gasteiger partial charge in [0.25, 0.3) is 0 Å². The number of nitrogens with one attached hydrogen (secondary N) is 1. The number of anilines is 2. The molecule has 0 bridgehead atoms. The molecule has 0 spiro atoms. The number of likely N-dealkylation sites (tertiary alicyclic amines) is 1. The number of rotatable bonds is 3. The summed E-state index contributed by atoms with van der Waals surface area (Å²) in [5.74, 6) is 0.391. The monoisotopic (exact) mass is 528 g/mol. The third-order valence-electron chi connectivity index (χ3n) is 5.61. The van der Waals surface area contributed by atoms with Gasteiger partial charge in [-0.25, -0.2) is 18.7 Å². The van der Waals surface area contributed by atoms with Crippen molar-refractivity contribution in [1.82, 2.24) is 19.5 Å². The molecule has 5 rings (SSSR count). The second-order valence-electron chi connectivity index (χ2n) is 8.07. The molecule has 4 N–H and O–H groups in total. The molecule has 2 fully saturated rings. The molecule has 2 saturated heterocycles. The van der Waals surface area contributed by atoms with Gasteiger partial charge >= 0.3 is 16.4 Å². The smallest absolute Gasteiger partial charge is 0.389 e. The minimum atomic E-state index is -4.67. The molecule has 0 radical (unpaired) electrons. The van der Waals surface area contributed by atoms with E-state index in [2.05, 4.69) is 15.3 Å². The molecule has 188 valence electrons. The Kier molecular flexibility index (Phi) is 7.10. The highest BCUT2D eigenvalue weighted by atomic mass is 35.5. The molecule has 0 saturated carbocycles. The van der Waals surface area contributed by atoms with Crippen LogP contribution in [-0.2, 0) is 10.4 Å². The lowest BCUT2D eigenvalue weighted by Gasteiger charge is -2.35. The number of carbonyl (C=O) groups is 1. The molecule has 4 heterocycles. The van der Waals surface area contributed by atoms with E-state index >= 15 is 0 Å². The van der Waals surface area contributed by atoms with E-state index in [4.69, 9.17) is 34.1 Å². The summed E-state index contributed by atoms with van der Waals surface area (Å²) >= 11 is 6.35. The van der Waals surface area contributed by atoms with Crippen molar-refractivity contribution in [2.24, 2.45) is 0 Å². The van der Waals surface area contributed by atoms with Crippen LogP contribution >= 0.6 is 11.6 Å². The van der Waals surface area contributed by atoms with Crippen LogP contribution in [0.2, 0.25) is 5.02 Å². The number of carbonyl (C=O) groups excluding carboxylic acids is 1. The molecule has 1 aromatic carbocycles. The number of nitrogens with zero attached hydrogens (tertiary/aromatic N) is 5. The average molecular weight is 529 g/mol. The van der Waals surface area contributed by atoms with Gasteiger partial charge in [0.1, 0.15) is 17.3 Å². The third-order valence-corrected chi connectivity index (χ3v) is 5.95. The van der Waals surface area contributed by atoms with Gasteiger partial charge in [0.2, 0.25) is 0 Å². The Bertz CT molecular complexity index is 1340. The molecule has 2 aliphatic rings. The van der Waals surface area contributed by atoms with Crippen LogP contribution in [0.1, 0.15) is 24.4 Å². The van der Waals surface area contributed by atoms with Crippen molar-refractivity contribution in [1.29, 1.82) is 0 Å². The fraction of sp³-hybridized carbons (Fsp3) is 0.350. The summed E-state index contributed by atoms with van der Waals surface area (Å²) in [6.45, 7) is 1.39. The number of β-amino-alcohol motifs (C(OH)–C–C–N with tert-alkyl or cyclic N) is 1. The van der Waals surface area contributed by atoms with Gasteiger partial charge in [0.05, 0.1) is 31.4 Å². The van der Waals surface area contributed by atoms with Gasteiger partial charge in [0.15, 0.2) is 5.65 Å². The fourth-order valence-electron chi connectivity index (χ4n) is 4.06. The summed E-state index contributed by atoms with van der Waals surface area (Å²) in [6, 6.07) is 5.89. The Morgan fingerprint density at radius 2 is 1.94 bits per heavy atom. The summed E-state index contributed by atoms with van der Waals surface area (Å²) in [4.78, 5) is 20.6. The molecule has 3 aromatic rings. The fourth-order valence-corrected chi connectivity index (χ4v) is 4.30. The van der Waals surface area contributed by atoms with Crippen molar-refractivity contribution in [2.45, 2.75) is 25.0 Å². The number of aromatic nitrogens is 3. The van der Waals surface area contributed by atoms with Gasteiger partial charge in [-0.05, 0) is 42.7 Å². The SMILES string of the molecule is O=C(Nc1cnn2ccc(N3CCCC3c3cc(F)ccc3Cl)nc12)N1CC(O)C1.O=S(=O)(O)O. The standard InChI is InChI=1S/C20H20ClFN6O2.H2O4S/c21-15-4-3-12(22)8-14(15)17-2-1-6-27(17)18-5-7-28-19(25-18)16(9-23-28)24-20(30)26-10-13(29)11-26;1-5(2,3)4/h3-5,7-9,13,17,29H,1-2,6,10-11H2,(H,24,30);(H2,1,2,3,4). The van der Waals surface area contributed by atoms with Crippen molar-refractivity contribution in [3.8, 4) is 0 Å². The summed E-state index contributed by atoms with van der Waals surface area (Å²) in [5.41, 5.74) is 1.75. The van der Waals surface area contributed by atoms with Crippen LogP contribution in [0, 0.1) is 5.82 Å². The first-order valence-electron chi connectivity index (χ1n) is 10.5. The lowest BCUT2D eigenvalue weighted by molar-refractivity contribution is 0.0309. The lowest BCUT2D eigenvalue weighted by Crippen LogP contribution is -2.54. The van der Waals surface area contributed by atoms with Crippen LogP contribution in [0.15, 0.2) is 36.7 Å². The molecule has 0 aliphatic carbocycles. The summed E-state index contributed by atoms with van der Waals surface area (Å²) in [6.07, 6.45) is 4.64. The zero-order valence-electron chi connectivity index (χ0n) is 18.1. The normalized spacial score (nSPS) is 18.3. The van der Waals surface area contributed by atoms with E-state index < -0.39 is 16.5 Å². The van der Waals surface area contributed by atoms with Crippen LogP contribution in [-0.4, -0.2) is 73.9 Å². The number of hydrogen-bond donors (Lipinski definition) is 4. The zero-order valence-corrected chi connectivity index (χ0v) is 19.7. The maximum Gasteiger partial charge on any atom is 0.394 e. The van der Waals surface area contributed by atoms with Gasteiger partial charge in [0, 0.05) is 17.8 Å². The summed E-state index contributed by atoms with van der Waals surface area (Å²) in [5, 5.41) is 17.0. The molecule has 2 aromatic heterocycles. The highest BCUT2D eigenvalue weighted by Crippen LogP contribution is 2.38. The molecule has 35 heavy (non-hydrogen) atoms. The predicted molar refractivity (Wildman–Crippen MR) is 124 cm³/mol. The van der Waals surface area contributed by atoms with Crippen molar-refractivity contribution in [3.05, 3.63) is 53.1 Å². The average Bonchev–Trinajstić information content (AvgIpc) is 3.39. The number of fused-ring (bicyclic) bond motifs is 1. The Hall–Kier alpha value is -3.04. The first-order valence-corrected chi connectivity index (χ1v) is 12.3. The third kappa shape index (κ3) is 5.97. The molecule has 15 heteroatoms. The number of aliphatic hydroxyl groups is 1. The second kappa shape index (κ2) is 9.91. The lowest BCUT2D eigenvalue weighted by atomic mass is 10.0. The first kappa shape index (κ1) is 25.1. The van der Waals surface area contributed by atoms with Crippen LogP contribution in [0.5, 0.6) is 0 Å². The van der Waals surface area contributed by atoms with E-state index in [9.17, 15) is 14.3 Å². The first-order chi connectivity index (χ1) is 16.5. The molecule has 2 amide bonds. The van der Waals surface area contributed by atoms with E-state index in [-0.39, 0.29) is 17.9 Å². The Morgan fingerprint density at radius 3 is 2.63 bits per heavy atom. The van der Waals surface area contributed by atoms with E-state index in [1.807, 2.05) is 6.07 Å². The van der Waals surface area contributed by atoms with Crippen LogP contribution < -0.4 is 10.2 Å². The van der Waals surface area contributed by atoms with Gasteiger partial charge in [-0.3, -0.25) is 9.11 Å². The van der Waals surface area contributed by atoms with Crippen molar-refractivity contribution in [2.75, 3.05) is 29.9 Å². The van der Waals surface area contributed by atoms with Crippen molar-refractivity contribution in [3.63, 3.8) is 0 Å². The Labute approximate surface area is 204 Å². The number of aliphatic hydroxyl groups excluding tert-OH is 1. The van der Waals surface area contributed by atoms with Crippen LogP contribution in [0.4, 0.5) is 20.7 Å². The topological polar surface area (TPSA) is 161 Å². The Morgan fingerprint density at radius 1 is 1.23 bits per heavy atom. The quantitative estimate of drug-likeness (QED) is 0.374. The number of hydrogen-bond acceptors (Lipinski definition) is 7. The minimum absolute atomic E-state index is 0.0771. The van der Waals surface area contributed by atoms with Gasteiger partial charge in [-0.2, -0.15) is 13.5 Å². The summed E-state index contributed by atoms with van der Waals surface area (Å²) in [7, 11) is -4.67. The molecular formula is C20H22ClFN6O6S. The summed E-state index contributed by atoms with van der Waals surface area (Å²) < 4.78 is 47.0. The highest BCUT2D eigenvalue weighted by Gasteiger charge is 2.31. The van der Waals surface area contributed by atoms with Crippen LogP contribution in [0.3, 0.4) is 0 Å². The molecule has 2 aliphatic heterocycles. The Balaban J connectivity index is 0.000000527. The molecule has 1 atom stereocenters. The number of benzene rings is 1. The molecular weight excluding hydrogens is 507 g/mol. The zero-order chi connectivity index (χ0) is 25.3. The van der Waals surface area contributed by atoms with Gasteiger partial charge < -0.3 is 20.2 Å². The van der Waals surface area contributed by atoms with Crippen molar-refractivity contribution >= 4 is 45.2 Å². The largest absolute Gasteiger partial charge is 0.394 e. The molecule has 1 unspecified atom stereocenters. The van der Waals surface area contributed by atoms with Crippen LogP contribution in [0.25, 0.3) is 5.65 Å². The predicted octanol–water partition coefficient (Wildman–Crippen LogP) is 2.42. The van der Waals surface area contributed by atoms with Crippen molar-refractivity contribution < 1.29 is 31.8 Å². The van der Waals surface area contributed by atoms with Gasteiger partial charge in [-0.1, -0.05) is 11.6 Å². The molecule has 12 nitrogen and oxygen atoms in total.